The van der Waals surface area contributed by atoms with Gasteiger partial charge in [-0.3, -0.25) is 10.1 Å². The third kappa shape index (κ3) is 3.48. The summed E-state index contributed by atoms with van der Waals surface area (Å²) in [5.41, 5.74) is 6.61. The van der Waals surface area contributed by atoms with Crippen LogP contribution in [0.15, 0.2) is 47.4 Å². The quantitative estimate of drug-likeness (QED) is 0.395. The number of para-hydroxylation sites is 1. The van der Waals surface area contributed by atoms with Crippen LogP contribution < -0.4 is 5.73 Å². The zero-order valence-electron chi connectivity index (χ0n) is 10.6. The third-order valence-corrected chi connectivity index (χ3v) is 3.82. The number of nitro groups is 1. The molecule has 2 N–H and O–H groups in total. The van der Waals surface area contributed by atoms with Gasteiger partial charge in [0.15, 0.2) is 0 Å². The molecule has 20 heavy (non-hydrogen) atoms. The van der Waals surface area contributed by atoms with Gasteiger partial charge in [-0.2, -0.15) is 0 Å². The summed E-state index contributed by atoms with van der Waals surface area (Å²) in [4.78, 5) is 11.0. The summed E-state index contributed by atoms with van der Waals surface area (Å²) >= 11 is 1.32. The Labute approximate surface area is 119 Å². The SMILES string of the molecule is Nc1ccc(SCCc2ccccc2[N+](=O)[O-])c(F)c1. The van der Waals surface area contributed by atoms with E-state index in [0.717, 1.165) is 0 Å². The number of nitrogens with two attached hydrogens (primary N) is 1. The number of nitrogens with zero attached hydrogens (tertiary/aromatic N) is 1. The van der Waals surface area contributed by atoms with Crippen LogP contribution in [0.5, 0.6) is 0 Å². The zero-order chi connectivity index (χ0) is 14.5. The molecule has 0 aromatic heterocycles. The summed E-state index contributed by atoms with van der Waals surface area (Å²) in [5.74, 6) is 0.198. The van der Waals surface area contributed by atoms with Crippen molar-refractivity contribution in [2.75, 3.05) is 11.5 Å². The van der Waals surface area contributed by atoms with Crippen LogP contribution in [0.1, 0.15) is 5.56 Å². The highest BCUT2D eigenvalue weighted by molar-refractivity contribution is 7.99. The number of hydrogen-bond donors (Lipinski definition) is 1. The maximum absolute atomic E-state index is 13.6. The van der Waals surface area contributed by atoms with E-state index in [0.29, 0.717) is 28.3 Å². The van der Waals surface area contributed by atoms with Gasteiger partial charge in [0.1, 0.15) is 5.82 Å². The van der Waals surface area contributed by atoms with E-state index < -0.39 is 4.92 Å². The molecule has 0 aliphatic rings. The average molecular weight is 292 g/mol. The maximum atomic E-state index is 13.6. The van der Waals surface area contributed by atoms with E-state index in [9.17, 15) is 14.5 Å². The van der Waals surface area contributed by atoms with E-state index in [1.807, 2.05) is 0 Å². The Morgan fingerprint density at radius 1 is 1.25 bits per heavy atom. The van der Waals surface area contributed by atoms with Gasteiger partial charge in [-0.05, 0) is 24.6 Å². The number of benzene rings is 2. The molecule has 2 rings (SSSR count). The highest BCUT2D eigenvalue weighted by atomic mass is 32.2. The Kier molecular flexibility index (Phi) is 4.57. The van der Waals surface area contributed by atoms with E-state index in [2.05, 4.69) is 0 Å². The van der Waals surface area contributed by atoms with Crippen LogP contribution in [0.3, 0.4) is 0 Å². The van der Waals surface area contributed by atoms with Crippen LogP contribution in [-0.2, 0) is 6.42 Å². The molecule has 6 heteroatoms. The number of aryl methyl sites for hydroxylation is 1. The Hall–Kier alpha value is -2.08. The molecule has 4 nitrogen and oxygen atoms in total. The van der Waals surface area contributed by atoms with Crippen LogP contribution in [0.25, 0.3) is 0 Å². The van der Waals surface area contributed by atoms with Gasteiger partial charge in [0.2, 0.25) is 0 Å². The van der Waals surface area contributed by atoms with Crippen LogP contribution in [0.4, 0.5) is 15.8 Å². The van der Waals surface area contributed by atoms with Crippen molar-refractivity contribution in [2.45, 2.75) is 11.3 Å². The van der Waals surface area contributed by atoms with Crippen LogP contribution >= 0.6 is 11.8 Å². The van der Waals surface area contributed by atoms with Gasteiger partial charge in [0.25, 0.3) is 5.69 Å². The fraction of sp³-hybridized carbons (Fsp3) is 0.143. The number of rotatable bonds is 5. The molecule has 0 saturated heterocycles. The molecule has 0 atom stereocenters. The van der Waals surface area contributed by atoms with E-state index in [-0.39, 0.29) is 11.5 Å². The fourth-order valence-corrected chi connectivity index (χ4v) is 2.71. The lowest BCUT2D eigenvalue weighted by atomic mass is 10.1. The molecule has 2 aromatic carbocycles. The minimum atomic E-state index is -0.399. The number of anilines is 1. The maximum Gasteiger partial charge on any atom is 0.272 e. The second-order valence-electron chi connectivity index (χ2n) is 4.17. The van der Waals surface area contributed by atoms with Gasteiger partial charge in [-0.15, -0.1) is 11.8 Å². The zero-order valence-corrected chi connectivity index (χ0v) is 11.4. The van der Waals surface area contributed by atoms with E-state index in [1.54, 1.807) is 30.3 Å². The molecule has 104 valence electrons. The Bertz CT molecular complexity index is 634. The second-order valence-corrected chi connectivity index (χ2v) is 5.31. The van der Waals surface area contributed by atoms with Crippen molar-refractivity contribution in [1.29, 1.82) is 0 Å². The van der Waals surface area contributed by atoms with E-state index in [1.165, 1.54) is 23.9 Å². The predicted molar refractivity (Wildman–Crippen MR) is 78.3 cm³/mol. The normalized spacial score (nSPS) is 10.4. The van der Waals surface area contributed by atoms with E-state index >= 15 is 0 Å². The van der Waals surface area contributed by atoms with Crippen LogP contribution in [-0.4, -0.2) is 10.7 Å². The van der Waals surface area contributed by atoms with E-state index in [4.69, 9.17) is 5.73 Å². The Morgan fingerprint density at radius 2 is 2.00 bits per heavy atom. The Balaban J connectivity index is 2.01. The minimum absolute atomic E-state index is 0.103. The predicted octanol–water partition coefficient (Wildman–Crippen LogP) is 3.65. The molecule has 0 spiro atoms. The first kappa shape index (κ1) is 14.3. The lowest BCUT2D eigenvalue weighted by molar-refractivity contribution is -0.385. The summed E-state index contributed by atoms with van der Waals surface area (Å²) in [5, 5.41) is 10.9. The van der Waals surface area contributed by atoms with Crippen molar-refractivity contribution >= 4 is 23.1 Å². The van der Waals surface area contributed by atoms with Crippen molar-refractivity contribution in [3.8, 4) is 0 Å². The highest BCUT2D eigenvalue weighted by Crippen LogP contribution is 2.26. The second kappa shape index (κ2) is 6.38. The molecular formula is C14H13FN2O2S. The topological polar surface area (TPSA) is 69.2 Å². The first-order chi connectivity index (χ1) is 9.58. The molecule has 0 fully saturated rings. The van der Waals surface area contributed by atoms with Gasteiger partial charge in [-0.1, -0.05) is 18.2 Å². The summed E-state index contributed by atoms with van der Waals surface area (Å²) in [6, 6.07) is 11.1. The summed E-state index contributed by atoms with van der Waals surface area (Å²) in [6.45, 7) is 0. The molecule has 0 aliphatic carbocycles. The number of hydrogen-bond acceptors (Lipinski definition) is 4. The number of nitro benzene ring substituents is 1. The number of nitrogen functional groups attached to an aromatic ring is 1. The molecule has 0 saturated carbocycles. The molecule has 0 unspecified atom stereocenters. The van der Waals surface area contributed by atoms with Gasteiger partial charge >= 0.3 is 0 Å². The molecule has 0 heterocycles. The van der Waals surface area contributed by atoms with Gasteiger partial charge in [0.05, 0.1) is 4.92 Å². The monoisotopic (exact) mass is 292 g/mol. The standard InChI is InChI=1S/C14H13FN2O2S/c15-12-9-11(16)5-6-14(12)20-8-7-10-3-1-2-4-13(10)17(18)19/h1-6,9H,7-8,16H2. The van der Waals surface area contributed by atoms with Crippen LogP contribution in [0, 0.1) is 15.9 Å². The first-order valence-electron chi connectivity index (χ1n) is 5.98. The number of thioether (sulfide) groups is 1. The first-order valence-corrected chi connectivity index (χ1v) is 6.96. The largest absolute Gasteiger partial charge is 0.399 e. The lowest BCUT2D eigenvalue weighted by Gasteiger charge is -2.05. The molecular weight excluding hydrogens is 279 g/mol. The third-order valence-electron chi connectivity index (χ3n) is 2.77. The Morgan fingerprint density at radius 3 is 2.70 bits per heavy atom. The van der Waals surface area contributed by atoms with Gasteiger partial charge in [-0.25, -0.2) is 4.39 Å². The molecule has 0 aliphatic heterocycles. The van der Waals surface area contributed by atoms with Crippen molar-refractivity contribution in [3.05, 3.63) is 64.0 Å². The van der Waals surface area contributed by atoms with Crippen molar-refractivity contribution < 1.29 is 9.31 Å². The van der Waals surface area contributed by atoms with Crippen LogP contribution in [0.2, 0.25) is 0 Å². The molecule has 2 aromatic rings. The van der Waals surface area contributed by atoms with Crippen molar-refractivity contribution in [2.24, 2.45) is 0 Å². The smallest absolute Gasteiger partial charge is 0.272 e. The fourth-order valence-electron chi connectivity index (χ4n) is 1.81. The average Bonchev–Trinajstić information content (AvgIpc) is 2.41. The van der Waals surface area contributed by atoms with Crippen molar-refractivity contribution in [3.63, 3.8) is 0 Å². The summed E-state index contributed by atoms with van der Waals surface area (Å²) < 4.78 is 13.6. The highest BCUT2D eigenvalue weighted by Gasteiger charge is 2.12. The number of halogens is 1. The minimum Gasteiger partial charge on any atom is -0.399 e. The molecule has 0 radical (unpaired) electrons. The molecule has 0 bridgehead atoms. The van der Waals surface area contributed by atoms with Gasteiger partial charge < -0.3 is 5.73 Å². The van der Waals surface area contributed by atoms with Crippen molar-refractivity contribution in [1.82, 2.24) is 0 Å². The summed E-state index contributed by atoms with van der Waals surface area (Å²) in [6.07, 6.45) is 0.506. The van der Waals surface area contributed by atoms with Gasteiger partial charge in [0, 0.05) is 28.0 Å². The molecule has 0 amide bonds. The summed E-state index contributed by atoms with van der Waals surface area (Å²) in [7, 11) is 0. The lowest BCUT2D eigenvalue weighted by Crippen LogP contribution is -1.97.